The molecule has 0 bridgehead atoms. The van der Waals surface area contributed by atoms with E-state index in [4.69, 9.17) is 9.79 Å². The molecule has 184 valence electrons. The molecule has 0 fully saturated rings. The summed E-state index contributed by atoms with van der Waals surface area (Å²) in [6, 6.07) is 8.52. The van der Waals surface area contributed by atoms with Gasteiger partial charge in [0.2, 0.25) is 0 Å². The number of phosphoric ester groups is 1. The van der Waals surface area contributed by atoms with Crippen LogP contribution in [0, 0.1) is 5.82 Å². The van der Waals surface area contributed by atoms with E-state index in [1.54, 1.807) is 18.3 Å². The average molecular weight is 492 g/mol. The third-order valence-electron chi connectivity index (χ3n) is 6.49. The molecule has 0 saturated carbocycles. The Balaban J connectivity index is 2.15. The minimum absolute atomic E-state index is 0.0217. The largest absolute Gasteiger partial charge is 0.471 e. The predicted octanol–water partition coefficient (Wildman–Crippen LogP) is 4.59. The van der Waals surface area contributed by atoms with E-state index in [1.165, 1.54) is 12.1 Å². The zero-order chi connectivity index (χ0) is 25.0. The van der Waals surface area contributed by atoms with Gasteiger partial charge in [-0.1, -0.05) is 18.7 Å². The topological polar surface area (TPSA) is 102 Å². The minimum Gasteiger partial charge on any atom is -0.362 e. The first kappa shape index (κ1) is 26.1. The van der Waals surface area contributed by atoms with Crippen LogP contribution >= 0.6 is 7.82 Å². The molecule has 8 nitrogen and oxygen atoms in total. The van der Waals surface area contributed by atoms with Crippen LogP contribution in [0.5, 0.6) is 0 Å². The van der Waals surface area contributed by atoms with Gasteiger partial charge in [-0.3, -0.25) is 14.2 Å². The summed E-state index contributed by atoms with van der Waals surface area (Å²) in [4.78, 5) is 33.6. The Morgan fingerprint density at radius 1 is 1.26 bits per heavy atom. The number of fused-ring (bicyclic) bond motifs is 2. The van der Waals surface area contributed by atoms with Gasteiger partial charge in [0.15, 0.2) is 0 Å². The van der Waals surface area contributed by atoms with Crippen molar-refractivity contribution in [2.45, 2.75) is 45.3 Å². The second-order valence-electron chi connectivity index (χ2n) is 8.47. The molecule has 2 aromatic rings. The van der Waals surface area contributed by atoms with E-state index >= 15 is 4.39 Å². The van der Waals surface area contributed by atoms with E-state index in [9.17, 15) is 9.36 Å². The van der Waals surface area contributed by atoms with Gasteiger partial charge in [-0.2, -0.15) is 0 Å². The van der Waals surface area contributed by atoms with Gasteiger partial charge in [0.1, 0.15) is 18.8 Å². The van der Waals surface area contributed by atoms with Crippen LogP contribution in [0.1, 0.15) is 53.4 Å². The Morgan fingerprint density at radius 3 is 2.65 bits per heavy atom. The molecule has 3 rings (SSSR count). The number of hydrogen-bond donors (Lipinski definition) is 3. The lowest BCUT2D eigenvalue weighted by Gasteiger charge is -2.33. The van der Waals surface area contributed by atoms with E-state index in [0.29, 0.717) is 35.2 Å². The van der Waals surface area contributed by atoms with Crippen LogP contribution in [0.4, 0.5) is 15.8 Å². The number of aldehydes is 1. The monoisotopic (exact) mass is 491 g/mol. The molecule has 34 heavy (non-hydrogen) atoms. The maximum Gasteiger partial charge on any atom is 0.471 e. The van der Waals surface area contributed by atoms with Crippen molar-refractivity contribution in [2.75, 3.05) is 24.0 Å². The van der Waals surface area contributed by atoms with Crippen molar-refractivity contribution in [3.05, 3.63) is 71.2 Å². The minimum atomic E-state index is -4.67. The molecule has 1 heterocycles. The van der Waals surface area contributed by atoms with Gasteiger partial charge in [-0.05, 0) is 69.3 Å². The summed E-state index contributed by atoms with van der Waals surface area (Å²) < 4.78 is 30.7. The van der Waals surface area contributed by atoms with Crippen molar-refractivity contribution >= 4 is 25.5 Å². The van der Waals surface area contributed by atoms with Crippen LogP contribution in [0.2, 0.25) is 0 Å². The normalized spacial score (nSPS) is 19.5. The van der Waals surface area contributed by atoms with Crippen LogP contribution in [0.3, 0.4) is 0 Å². The summed E-state index contributed by atoms with van der Waals surface area (Å²) in [6.07, 6.45) is 3.58. The van der Waals surface area contributed by atoms with Crippen LogP contribution in [0.15, 0.2) is 43.1 Å². The number of phosphoric acid groups is 1. The number of halogens is 1. The molecule has 3 N–H and O–H groups in total. The van der Waals surface area contributed by atoms with E-state index < -0.39 is 14.6 Å². The molecule has 0 spiro atoms. The first-order valence-electron chi connectivity index (χ1n) is 11.0. The molecule has 1 aliphatic heterocycles. The molecular formula is C24H31FN3O5P. The number of rotatable bonds is 6. The fraction of sp³-hybridized carbons (Fsp3) is 0.375. The number of hydrogen-bond acceptors (Lipinski definition) is 6. The summed E-state index contributed by atoms with van der Waals surface area (Å²) >= 11 is 0. The molecule has 2 atom stereocenters. The van der Waals surface area contributed by atoms with Crippen molar-refractivity contribution in [2.24, 2.45) is 0 Å². The number of carbonyl (C=O) groups excluding carboxylic acids is 1. The fourth-order valence-corrected chi connectivity index (χ4v) is 4.52. The molecule has 10 heteroatoms. The zero-order valence-corrected chi connectivity index (χ0v) is 20.5. The van der Waals surface area contributed by atoms with E-state index in [-0.39, 0.29) is 24.4 Å². The van der Waals surface area contributed by atoms with E-state index in [1.807, 2.05) is 18.0 Å². The lowest BCUT2D eigenvalue weighted by molar-refractivity contribution is 0.112. The molecule has 1 aliphatic rings. The predicted molar refractivity (Wildman–Crippen MR) is 130 cm³/mol. The SMILES string of the molecule is C=CN1Cc2c(NCOP(=O)(O)O)ccc(F)c2CCC(C)N(C)C(C)c2ccc(C=O)cc21. The van der Waals surface area contributed by atoms with Gasteiger partial charge in [-0.25, -0.2) is 8.96 Å². The molecule has 0 saturated heterocycles. The Kier molecular flexibility index (Phi) is 8.28. The van der Waals surface area contributed by atoms with Crippen molar-refractivity contribution in [1.82, 2.24) is 4.90 Å². The smallest absolute Gasteiger partial charge is 0.362 e. The number of anilines is 2. The highest BCUT2D eigenvalue weighted by molar-refractivity contribution is 7.46. The highest BCUT2D eigenvalue weighted by Gasteiger charge is 2.26. The molecule has 0 aromatic heterocycles. The summed E-state index contributed by atoms with van der Waals surface area (Å²) in [5.74, 6) is -0.357. The molecule has 0 amide bonds. The Morgan fingerprint density at radius 2 is 2.00 bits per heavy atom. The molecule has 0 radical (unpaired) electrons. The summed E-state index contributed by atoms with van der Waals surface area (Å²) in [6.45, 7) is 7.92. The van der Waals surface area contributed by atoms with Crippen LogP contribution in [-0.2, 0) is 22.1 Å². The van der Waals surface area contributed by atoms with Gasteiger partial charge in [0.05, 0.1) is 0 Å². The van der Waals surface area contributed by atoms with Crippen LogP contribution < -0.4 is 10.2 Å². The van der Waals surface area contributed by atoms with Crippen molar-refractivity contribution in [3.63, 3.8) is 0 Å². The maximum atomic E-state index is 15.1. The van der Waals surface area contributed by atoms with E-state index in [2.05, 4.69) is 35.2 Å². The van der Waals surface area contributed by atoms with Gasteiger partial charge in [-0.15, -0.1) is 0 Å². The highest BCUT2D eigenvalue weighted by atomic mass is 31.2. The van der Waals surface area contributed by atoms with Crippen LogP contribution in [0.25, 0.3) is 0 Å². The number of nitrogens with one attached hydrogen (secondary N) is 1. The number of nitrogens with zero attached hydrogens (tertiary/aromatic N) is 2. The number of carbonyl (C=O) groups is 1. The Hall–Kier alpha value is -2.55. The van der Waals surface area contributed by atoms with Gasteiger partial charge < -0.3 is 20.0 Å². The second kappa shape index (κ2) is 10.8. The zero-order valence-electron chi connectivity index (χ0n) is 19.6. The molecule has 2 aromatic carbocycles. The van der Waals surface area contributed by atoms with Gasteiger partial charge in [0.25, 0.3) is 0 Å². The Bertz CT molecular complexity index is 1110. The van der Waals surface area contributed by atoms with Crippen molar-refractivity contribution in [1.29, 1.82) is 0 Å². The molecule has 2 unspecified atom stereocenters. The second-order valence-corrected chi connectivity index (χ2v) is 9.71. The summed E-state index contributed by atoms with van der Waals surface area (Å²) in [5.41, 5.74) is 3.92. The third-order valence-corrected chi connectivity index (χ3v) is 6.95. The Labute approximate surface area is 199 Å². The summed E-state index contributed by atoms with van der Waals surface area (Å²) in [5, 5.41) is 2.87. The fourth-order valence-electron chi connectivity index (χ4n) is 4.29. The van der Waals surface area contributed by atoms with Crippen molar-refractivity contribution in [3.8, 4) is 0 Å². The van der Waals surface area contributed by atoms with Crippen molar-refractivity contribution < 1.29 is 28.1 Å². The number of benzene rings is 2. The average Bonchev–Trinajstić information content (AvgIpc) is 2.81. The first-order valence-corrected chi connectivity index (χ1v) is 12.5. The van der Waals surface area contributed by atoms with E-state index in [0.717, 1.165) is 17.5 Å². The highest BCUT2D eigenvalue weighted by Crippen LogP contribution is 2.38. The van der Waals surface area contributed by atoms with Gasteiger partial charge in [0, 0.05) is 41.1 Å². The lowest BCUT2D eigenvalue weighted by atomic mass is 9.97. The lowest BCUT2D eigenvalue weighted by Crippen LogP contribution is -2.32. The maximum absolute atomic E-state index is 15.1. The first-order chi connectivity index (χ1) is 16.1. The van der Waals surface area contributed by atoms with Crippen LogP contribution in [-0.4, -0.2) is 40.8 Å². The standard InChI is InChI=1S/C24H31FN3O5P/c1-5-28-13-21-20(22(25)10-11-23(21)26-15-33-34(30,31)32)8-6-16(2)27(4)17(3)19-9-7-18(14-29)12-24(19)28/h5,7,9-12,14,16-17,26H,1,6,8,13,15H2,2-4H3,(H2,30,31,32). The molecule has 0 aliphatic carbocycles. The van der Waals surface area contributed by atoms with Gasteiger partial charge >= 0.3 is 7.82 Å². The molecular weight excluding hydrogens is 460 g/mol. The summed E-state index contributed by atoms with van der Waals surface area (Å²) in [7, 11) is -2.64. The quantitative estimate of drug-likeness (QED) is 0.306. The third kappa shape index (κ3) is 5.92.